The van der Waals surface area contributed by atoms with E-state index in [2.05, 4.69) is 14.7 Å². The zero-order chi connectivity index (χ0) is 20.1. The minimum absolute atomic E-state index is 0.132. The lowest BCUT2D eigenvalue weighted by Gasteiger charge is -2.29. The lowest BCUT2D eigenvalue weighted by Crippen LogP contribution is -2.40. The highest BCUT2D eigenvalue weighted by Gasteiger charge is 2.27. The van der Waals surface area contributed by atoms with Crippen molar-refractivity contribution in [2.45, 2.75) is 43.6 Å². The molecule has 3 rings (SSSR count). The Kier molecular flexibility index (Phi) is 6.40. The van der Waals surface area contributed by atoms with Crippen LogP contribution in [-0.4, -0.2) is 37.6 Å². The Morgan fingerprint density at radius 1 is 1.11 bits per heavy atom. The van der Waals surface area contributed by atoms with E-state index in [1.165, 1.54) is 19.5 Å². The predicted molar refractivity (Wildman–Crippen MR) is 97.4 cm³/mol. The summed E-state index contributed by atoms with van der Waals surface area (Å²) in [6, 6.07) is 2.48. The molecule has 0 atom stereocenters. The zero-order valence-corrected chi connectivity index (χ0v) is 16.1. The van der Waals surface area contributed by atoms with Gasteiger partial charge in [-0.3, -0.25) is 0 Å². The molecule has 0 amide bonds. The van der Waals surface area contributed by atoms with Gasteiger partial charge in [0.1, 0.15) is 17.7 Å². The molecule has 10 heteroatoms. The van der Waals surface area contributed by atoms with E-state index < -0.39 is 27.4 Å². The number of benzene rings is 1. The maximum Gasteiger partial charge on any atom is 0.278 e. The van der Waals surface area contributed by atoms with Gasteiger partial charge in [0.25, 0.3) is 11.8 Å². The molecule has 1 heterocycles. The smallest absolute Gasteiger partial charge is 0.278 e. The highest BCUT2D eigenvalue weighted by atomic mass is 32.2. The summed E-state index contributed by atoms with van der Waals surface area (Å²) in [6.45, 7) is 0. The molecular weight excluding hydrogens is 392 g/mol. The Balaban J connectivity index is 1.54. The molecule has 7 nitrogen and oxygen atoms in total. The SMILES string of the molecule is COc1nccnc1OC1CCC(NS(=O)(=O)Cc2cc(F)ccc2F)CC1. The Morgan fingerprint density at radius 3 is 2.46 bits per heavy atom. The first-order valence-corrected chi connectivity index (χ1v) is 10.5. The van der Waals surface area contributed by atoms with Crippen LogP contribution in [0.15, 0.2) is 30.6 Å². The summed E-state index contributed by atoms with van der Waals surface area (Å²) < 4.78 is 65.1. The number of nitrogens with zero attached hydrogens (tertiary/aromatic N) is 2. The van der Waals surface area contributed by atoms with Gasteiger partial charge < -0.3 is 9.47 Å². The van der Waals surface area contributed by atoms with Crippen LogP contribution in [-0.2, 0) is 15.8 Å². The molecule has 0 saturated heterocycles. The lowest BCUT2D eigenvalue weighted by molar-refractivity contribution is 0.132. The number of nitrogens with one attached hydrogen (secondary N) is 1. The van der Waals surface area contributed by atoms with Gasteiger partial charge >= 0.3 is 0 Å². The van der Waals surface area contributed by atoms with Crippen LogP contribution in [0.5, 0.6) is 11.8 Å². The molecule has 1 aromatic carbocycles. The lowest BCUT2D eigenvalue weighted by atomic mass is 9.94. The number of ether oxygens (including phenoxy) is 2. The molecular formula is C18H21F2N3O4S. The molecule has 1 aliphatic rings. The van der Waals surface area contributed by atoms with Gasteiger partial charge in [0.05, 0.1) is 12.9 Å². The molecule has 1 aromatic heterocycles. The van der Waals surface area contributed by atoms with E-state index in [9.17, 15) is 17.2 Å². The summed E-state index contributed by atoms with van der Waals surface area (Å²) in [4.78, 5) is 8.12. The molecule has 1 saturated carbocycles. The van der Waals surface area contributed by atoms with Gasteiger partial charge in [0, 0.05) is 24.0 Å². The number of sulfonamides is 1. The second kappa shape index (κ2) is 8.78. The Morgan fingerprint density at radius 2 is 1.79 bits per heavy atom. The summed E-state index contributed by atoms with van der Waals surface area (Å²) in [5.41, 5.74) is -0.195. The largest absolute Gasteiger partial charge is 0.477 e. The fourth-order valence-electron chi connectivity index (χ4n) is 3.14. The summed E-state index contributed by atoms with van der Waals surface area (Å²) in [6.07, 6.45) is 5.20. The highest BCUT2D eigenvalue weighted by Crippen LogP contribution is 2.27. The molecule has 1 fully saturated rings. The van der Waals surface area contributed by atoms with Crippen LogP contribution in [0, 0.1) is 11.6 Å². The molecule has 0 aliphatic heterocycles. The monoisotopic (exact) mass is 413 g/mol. The van der Waals surface area contributed by atoms with Crippen LogP contribution < -0.4 is 14.2 Å². The average molecular weight is 413 g/mol. The van der Waals surface area contributed by atoms with Gasteiger partial charge in [-0.15, -0.1) is 0 Å². The zero-order valence-electron chi connectivity index (χ0n) is 15.3. The van der Waals surface area contributed by atoms with Gasteiger partial charge in [0.15, 0.2) is 0 Å². The maximum atomic E-state index is 13.7. The van der Waals surface area contributed by atoms with Crippen molar-refractivity contribution in [3.63, 3.8) is 0 Å². The summed E-state index contributed by atoms with van der Waals surface area (Å²) in [5.74, 6) is -1.44. The molecule has 0 bridgehead atoms. The van der Waals surface area contributed by atoms with Crippen LogP contribution >= 0.6 is 0 Å². The van der Waals surface area contributed by atoms with Crippen LogP contribution in [0.3, 0.4) is 0 Å². The van der Waals surface area contributed by atoms with Gasteiger partial charge in [-0.25, -0.2) is 31.9 Å². The van der Waals surface area contributed by atoms with Crippen LogP contribution in [0.2, 0.25) is 0 Å². The number of halogens is 2. The molecule has 0 radical (unpaired) electrons. The van der Waals surface area contributed by atoms with Crippen molar-refractivity contribution in [1.82, 2.24) is 14.7 Å². The second-order valence-corrected chi connectivity index (χ2v) is 8.33. The molecule has 0 unspecified atom stereocenters. The number of hydrogen-bond acceptors (Lipinski definition) is 6. The molecule has 152 valence electrons. The average Bonchev–Trinajstić information content (AvgIpc) is 2.66. The molecule has 0 spiro atoms. The van der Waals surface area contributed by atoms with Crippen LogP contribution in [0.25, 0.3) is 0 Å². The Hall–Kier alpha value is -2.33. The number of methoxy groups -OCH3 is 1. The molecule has 1 aliphatic carbocycles. The third kappa shape index (κ3) is 5.35. The second-order valence-electron chi connectivity index (χ2n) is 6.57. The third-order valence-electron chi connectivity index (χ3n) is 4.48. The van der Waals surface area contributed by atoms with Crippen molar-refractivity contribution >= 4 is 10.0 Å². The van der Waals surface area contributed by atoms with E-state index in [0.717, 1.165) is 18.2 Å². The van der Waals surface area contributed by atoms with Crippen LogP contribution in [0.1, 0.15) is 31.2 Å². The number of rotatable bonds is 7. The third-order valence-corrected chi connectivity index (χ3v) is 5.86. The number of aromatic nitrogens is 2. The highest BCUT2D eigenvalue weighted by molar-refractivity contribution is 7.88. The molecule has 2 aromatic rings. The molecule has 1 N–H and O–H groups in total. The fraction of sp³-hybridized carbons (Fsp3) is 0.444. The van der Waals surface area contributed by atoms with E-state index in [1.807, 2.05) is 0 Å². The Labute approximate surface area is 162 Å². The molecule has 28 heavy (non-hydrogen) atoms. The minimum Gasteiger partial charge on any atom is -0.477 e. The topological polar surface area (TPSA) is 90.4 Å². The van der Waals surface area contributed by atoms with Crippen molar-refractivity contribution in [3.05, 3.63) is 47.8 Å². The first-order valence-electron chi connectivity index (χ1n) is 8.82. The van der Waals surface area contributed by atoms with Crippen LogP contribution in [0.4, 0.5) is 8.78 Å². The minimum atomic E-state index is -3.80. The van der Waals surface area contributed by atoms with Gasteiger partial charge in [-0.2, -0.15) is 0 Å². The van der Waals surface area contributed by atoms with Crippen molar-refractivity contribution in [2.24, 2.45) is 0 Å². The Bertz CT molecular complexity index is 919. The van der Waals surface area contributed by atoms with E-state index in [-0.39, 0.29) is 17.7 Å². The number of hydrogen-bond donors (Lipinski definition) is 1. The van der Waals surface area contributed by atoms with Crippen molar-refractivity contribution in [3.8, 4) is 11.8 Å². The van der Waals surface area contributed by atoms with E-state index in [0.29, 0.717) is 37.4 Å². The van der Waals surface area contributed by atoms with Gasteiger partial charge in [-0.05, 0) is 43.9 Å². The van der Waals surface area contributed by atoms with E-state index >= 15 is 0 Å². The van der Waals surface area contributed by atoms with Crippen molar-refractivity contribution in [2.75, 3.05) is 7.11 Å². The van der Waals surface area contributed by atoms with Crippen molar-refractivity contribution < 1.29 is 26.7 Å². The van der Waals surface area contributed by atoms with Gasteiger partial charge in [-0.1, -0.05) is 0 Å². The summed E-state index contributed by atoms with van der Waals surface area (Å²) in [7, 11) is -2.32. The van der Waals surface area contributed by atoms with E-state index in [4.69, 9.17) is 9.47 Å². The first-order chi connectivity index (χ1) is 13.4. The van der Waals surface area contributed by atoms with E-state index in [1.54, 1.807) is 0 Å². The summed E-state index contributed by atoms with van der Waals surface area (Å²) in [5, 5.41) is 0. The first kappa shape index (κ1) is 20.4. The standard InChI is InChI=1S/C18H21F2N3O4S/c1-26-17-18(22-9-8-21-17)27-15-5-3-14(4-6-15)23-28(24,25)11-12-10-13(19)2-7-16(12)20/h2,7-10,14-15,23H,3-6,11H2,1H3. The predicted octanol–water partition coefficient (Wildman–Crippen LogP) is 2.57. The maximum absolute atomic E-state index is 13.7. The quantitative estimate of drug-likeness (QED) is 0.750. The van der Waals surface area contributed by atoms with Gasteiger partial charge in [0.2, 0.25) is 10.0 Å². The van der Waals surface area contributed by atoms with Crippen molar-refractivity contribution in [1.29, 1.82) is 0 Å². The summed E-state index contributed by atoms with van der Waals surface area (Å²) >= 11 is 0. The normalized spacial score (nSPS) is 20.0. The fourth-order valence-corrected chi connectivity index (χ4v) is 4.60.